The molecule has 0 saturated carbocycles. The number of benzene rings is 3. The molecule has 30 heavy (non-hydrogen) atoms. The van der Waals surface area contributed by atoms with Crippen LogP contribution >= 0.6 is 0 Å². The summed E-state index contributed by atoms with van der Waals surface area (Å²) in [6, 6.07) is 21.2. The lowest BCUT2D eigenvalue weighted by Gasteiger charge is -2.23. The van der Waals surface area contributed by atoms with E-state index in [0.29, 0.717) is 42.3 Å². The van der Waals surface area contributed by atoms with Crippen LogP contribution in [-0.2, 0) is 11.3 Å². The molecule has 1 aliphatic heterocycles. The van der Waals surface area contributed by atoms with E-state index in [9.17, 15) is 4.79 Å². The molecule has 5 rings (SSSR count). The molecule has 2 heterocycles. The van der Waals surface area contributed by atoms with Crippen LogP contribution < -0.4 is 15.1 Å². The number of rotatable bonds is 5. The van der Waals surface area contributed by atoms with Gasteiger partial charge in [0.05, 0.1) is 18.6 Å². The fraction of sp³-hybridized carbons (Fsp3) is 0.240. The summed E-state index contributed by atoms with van der Waals surface area (Å²) in [7, 11) is 0. The molecule has 0 bridgehead atoms. The zero-order valence-electron chi connectivity index (χ0n) is 16.5. The minimum atomic E-state index is -0.380. The minimum absolute atomic E-state index is 0.119. The van der Waals surface area contributed by atoms with Gasteiger partial charge in [0.25, 0.3) is 0 Å². The predicted molar refractivity (Wildman–Crippen MR) is 115 cm³/mol. The molecule has 1 aliphatic rings. The first-order chi connectivity index (χ1) is 14.8. The highest BCUT2D eigenvalue weighted by atomic mass is 16.5. The first-order valence-electron chi connectivity index (χ1n) is 10.2. The third-order valence-electron chi connectivity index (χ3n) is 5.38. The van der Waals surface area contributed by atoms with Gasteiger partial charge in [0, 0.05) is 29.7 Å². The second-order valence-electron chi connectivity index (χ2n) is 7.46. The van der Waals surface area contributed by atoms with Crippen molar-refractivity contribution >= 4 is 21.7 Å². The Hall–Kier alpha value is -3.31. The largest absolute Gasteiger partial charge is 0.490 e. The summed E-state index contributed by atoms with van der Waals surface area (Å²) >= 11 is 0. The van der Waals surface area contributed by atoms with Crippen molar-refractivity contribution in [2.24, 2.45) is 0 Å². The first-order valence-corrected chi connectivity index (χ1v) is 10.2. The fourth-order valence-corrected chi connectivity index (χ4v) is 3.78. The molecule has 152 valence electrons. The van der Waals surface area contributed by atoms with Crippen LogP contribution in [0.3, 0.4) is 0 Å². The molecular weight excluding hydrogens is 380 g/mol. The van der Waals surface area contributed by atoms with Gasteiger partial charge in [-0.15, -0.1) is 0 Å². The Morgan fingerprint density at radius 1 is 0.833 bits per heavy atom. The topological polar surface area (TPSA) is 57.9 Å². The van der Waals surface area contributed by atoms with Crippen LogP contribution in [0, 0.1) is 0 Å². The molecule has 0 unspecified atom stereocenters. The number of ether oxygens (including phenoxy) is 3. The van der Waals surface area contributed by atoms with Crippen molar-refractivity contribution in [2.75, 3.05) is 13.2 Å². The van der Waals surface area contributed by atoms with Crippen LogP contribution in [0.25, 0.3) is 21.7 Å². The van der Waals surface area contributed by atoms with Crippen molar-refractivity contribution in [1.82, 2.24) is 0 Å². The van der Waals surface area contributed by atoms with Crippen LogP contribution in [0.4, 0.5) is 0 Å². The monoisotopic (exact) mass is 402 g/mol. The summed E-state index contributed by atoms with van der Waals surface area (Å²) in [6.45, 7) is 1.87. The van der Waals surface area contributed by atoms with Crippen molar-refractivity contribution < 1.29 is 18.6 Å². The third-order valence-corrected chi connectivity index (χ3v) is 5.38. The second-order valence-corrected chi connectivity index (χ2v) is 7.46. The van der Waals surface area contributed by atoms with Crippen molar-refractivity contribution in [3.8, 4) is 11.5 Å². The van der Waals surface area contributed by atoms with E-state index in [1.54, 1.807) is 12.1 Å². The molecule has 1 fully saturated rings. The number of fused-ring (bicyclic) bond motifs is 3. The van der Waals surface area contributed by atoms with Gasteiger partial charge in [-0.05, 0) is 35.9 Å². The van der Waals surface area contributed by atoms with Gasteiger partial charge in [-0.2, -0.15) is 0 Å². The predicted octanol–water partition coefficient (Wildman–Crippen LogP) is 5.08. The van der Waals surface area contributed by atoms with E-state index in [2.05, 4.69) is 0 Å². The minimum Gasteiger partial charge on any atom is -0.490 e. The highest BCUT2D eigenvalue weighted by Gasteiger charge is 2.16. The SMILES string of the molecule is O=c1oc2cc(OCc3ccccc3)ccc2c2ccc(OC3CCOCC3)cc12. The van der Waals surface area contributed by atoms with Gasteiger partial charge in [-0.1, -0.05) is 30.3 Å². The standard InChI is InChI=1S/C25H22O5/c26-25-23-14-20(29-18-10-12-27-13-11-18)7-8-21(23)22-9-6-19(15-24(22)30-25)28-16-17-4-2-1-3-5-17/h1-9,14-15,18H,10-13,16H2. The maximum atomic E-state index is 12.6. The fourth-order valence-electron chi connectivity index (χ4n) is 3.78. The molecule has 0 atom stereocenters. The Bertz CT molecular complexity index is 1220. The average molecular weight is 402 g/mol. The lowest BCUT2D eigenvalue weighted by molar-refractivity contribution is 0.0256. The zero-order valence-corrected chi connectivity index (χ0v) is 16.5. The lowest BCUT2D eigenvalue weighted by Crippen LogP contribution is -2.25. The van der Waals surface area contributed by atoms with Crippen molar-refractivity contribution in [2.45, 2.75) is 25.6 Å². The first kappa shape index (κ1) is 18.7. The molecular formula is C25H22O5. The summed E-state index contributed by atoms with van der Waals surface area (Å²) in [4.78, 5) is 12.6. The van der Waals surface area contributed by atoms with Gasteiger partial charge in [0.15, 0.2) is 0 Å². The Balaban J connectivity index is 1.43. The summed E-state index contributed by atoms with van der Waals surface area (Å²) in [6.07, 6.45) is 1.83. The zero-order chi connectivity index (χ0) is 20.3. The van der Waals surface area contributed by atoms with Gasteiger partial charge in [0.2, 0.25) is 0 Å². The van der Waals surface area contributed by atoms with E-state index in [4.69, 9.17) is 18.6 Å². The summed E-state index contributed by atoms with van der Waals surface area (Å²) < 4.78 is 22.9. The van der Waals surface area contributed by atoms with Gasteiger partial charge < -0.3 is 18.6 Å². The molecule has 1 saturated heterocycles. The Morgan fingerprint density at radius 2 is 1.60 bits per heavy atom. The molecule has 0 N–H and O–H groups in total. The van der Waals surface area contributed by atoms with Crippen molar-refractivity contribution in [3.63, 3.8) is 0 Å². The van der Waals surface area contributed by atoms with Gasteiger partial charge in [-0.3, -0.25) is 0 Å². The van der Waals surface area contributed by atoms with E-state index < -0.39 is 0 Å². The molecule has 1 aromatic heterocycles. The van der Waals surface area contributed by atoms with Gasteiger partial charge in [-0.25, -0.2) is 4.79 Å². The van der Waals surface area contributed by atoms with Crippen molar-refractivity contribution in [1.29, 1.82) is 0 Å². The van der Waals surface area contributed by atoms with Crippen LogP contribution in [0.2, 0.25) is 0 Å². The molecule has 0 amide bonds. The molecule has 5 nitrogen and oxygen atoms in total. The van der Waals surface area contributed by atoms with E-state index in [1.165, 1.54) is 0 Å². The highest BCUT2D eigenvalue weighted by Crippen LogP contribution is 2.29. The van der Waals surface area contributed by atoms with E-state index >= 15 is 0 Å². The van der Waals surface area contributed by atoms with Crippen LogP contribution in [0.15, 0.2) is 75.9 Å². The van der Waals surface area contributed by atoms with Crippen LogP contribution in [0.1, 0.15) is 18.4 Å². The highest BCUT2D eigenvalue weighted by molar-refractivity contribution is 6.04. The average Bonchev–Trinajstić information content (AvgIpc) is 2.79. The summed E-state index contributed by atoms with van der Waals surface area (Å²) in [5, 5.41) is 2.23. The quantitative estimate of drug-likeness (QED) is 0.344. The van der Waals surface area contributed by atoms with Gasteiger partial charge in [0.1, 0.15) is 29.8 Å². The number of hydrogen-bond donors (Lipinski definition) is 0. The maximum Gasteiger partial charge on any atom is 0.344 e. The third kappa shape index (κ3) is 3.89. The molecule has 5 heteroatoms. The van der Waals surface area contributed by atoms with E-state index in [1.807, 2.05) is 54.6 Å². The molecule has 3 aromatic carbocycles. The van der Waals surface area contributed by atoms with E-state index in [-0.39, 0.29) is 11.7 Å². The second kappa shape index (κ2) is 8.20. The van der Waals surface area contributed by atoms with Gasteiger partial charge >= 0.3 is 5.63 Å². The number of hydrogen-bond acceptors (Lipinski definition) is 5. The summed E-state index contributed by atoms with van der Waals surface area (Å²) in [5.74, 6) is 1.34. The van der Waals surface area contributed by atoms with Crippen LogP contribution in [0.5, 0.6) is 11.5 Å². The maximum absolute atomic E-state index is 12.6. The molecule has 0 aliphatic carbocycles. The normalized spacial score (nSPS) is 14.8. The van der Waals surface area contributed by atoms with Crippen molar-refractivity contribution in [3.05, 3.63) is 82.7 Å². The Labute approximate surface area is 173 Å². The van der Waals surface area contributed by atoms with E-state index in [0.717, 1.165) is 29.2 Å². The molecule has 4 aromatic rings. The Kier molecular flexibility index (Phi) is 5.11. The Morgan fingerprint density at radius 3 is 2.43 bits per heavy atom. The van der Waals surface area contributed by atoms with Crippen LogP contribution in [-0.4, -0.2) is 19.3 Å². The molecule has 0 radical (unpaired) electrons. The molecule has 0 spiro atoms. The smallest absolute Gasteiger partial charge is 0.344 e. The summed E-state index contributed by atoms with van der Waals surface area (Å²) in [5.41, 5.74) is 1.21. The lowest BCUT2D eigenvalue weighted by atomic mass is 10.1.